The summed E-state index contributed by atoms with van der Waals surface area (Å²) in [6.07, 6.45) is 6.49. The molecular formula is C22H32N3O3+. The van der Waals surface area contributed by atoms with E-state index in [-0.39, 0.29) is 12.1 Å². The molecule has 3 heterocycles. The maximum Gasteiger partial charge on any atom is 0.330 e. The molecule has 152 valence electrons. The lowest BCUT2D eigenvalue weighted by atomic mass is 10.0. The molecule has 0 amide bonds. The summed E-state index contributed by atoms with van der Waals surface area (Å²) < 4.78 is 12.6. The van der Waals surface area contributed by atoms with Crippen molar-refractivity contribution < 1.29 is 18.5 Å². The molecule has 28 heavy (non-hydrogen) atoms. The van der Waals surface area contributed by atoms with Gasteiger partial charge < -0.3 is 13.7 Å². The summed E-state index contributed by atoms with van der Waals surface area (Å²) in [6, 6.07) is 7.30. The van der Waals surface area contributed by atoms with Gasteiger partial charge in [-0.05, 0) is 38.1 Å². The molecule has 0 radical (unpaired) electrons. The van der Waals surface area contributed by atoms with E-state index in [9.17, 15) is 4.79 Å². The highest BCUT2D eigenvalue weighted by Gasteiger charge is 2.36. The Morgan fingerprint density at radius 3 is 2.54 bits per heavy atom. The summed E-state index contributed by atoms with van der Waals surface area (Å²) in [6.45, 7) is 3.88. The van der Waals surface area contributed by atoms with E-state index in [1.165, 1.54) is 12.8 Å². The van der Waals surface area contributed by atoms with Crippen LogP contribution in [0, 0.1) is 0 Å². The Labute approximate surface area is 167 Å². The number of rotatable bonds is 4. The van der Waals surface area contributed by atoms with Crippen molar-refractivity contribution in [2.75, 3.05) is 40.3 Å². The van der Waals surface area contributed by atoms with Gasteiger partial charge >= 0.3 is 5.97 Å². The van der Waals surface area contributed by atoms with Crippen LogP contribution in [0.3, 0.4) is 0 Å². The summed E-state index contributed by atoms with van der Waals surface area (Å²) in [7, 11) is 4.47. The Balaban J connectivity index is 1.58. The third kappa shape index (κ3) is 4.23. The van der Waals surface area contributed by atoms with Crippen molar-refractivity contribution in [3.8, 4) is 0 Å². The van der Waals surface area contributed by atoms with Crippen LogP contribution in [-0.4, -0.2) is 66.9 Å². The Morgan fingerprint density at radius 2 is 1.82 bits per heavy atom. The van der Waals surface area contributed by atoms with E-state index in [0.717, 1.165) is 67.3 Å². The van der Waals surface area contributed by atoms with Gasteiger partial charge in [-0.2, -0.15) is 0 Å². The molecule has 0 aliphatic carbocycles. The van der Waals surface area contributed by atoms with Crippen molar-refractivity contribution in [2.45, 2.75) is 50.7 Å². The van der Waals surface area contributed by atoms with Gasteiger partial charge in [-0.25, -0.2) is 4.79 Å². The minimum absolute atomic E-state index is 0.00583. The highest BCUT2D eigenvalue weighted by molar-refractivity contribution is 5.87. The predicted octanol–water partition coefficient (Wildman–Crippen LogP) is 3.53. The van der Waals surface area contributed by atoms with Crippen molar-refractivity contribution in [3.63, 3.8) is 0 Å². The van der Waals surface area contributed by atoms with Gasteiger partial charge in [0.2, 0.25) is 0 Å². The van der Waals surface area contributed by atoms with Crippen molar-refractivity contribution in [2.24, 2.45) is 0 Å². The molecule has 2 saturated heterocycles. The van der Waals surface area contributed by atoms with Crippen LogP contribution < -0.4 is 0 Å². The molecule has 1 atom stereocenters. The zero-order valence-corrected chi connectivity index (χ0v) is 17.1. The van der Waals surface area contributed by atoms with E-state index < -0.39 is 6.04 Å². The lowest BCUT2D eigenvalue weighted by Gasteiger charge is -2.37. The summed E-state index contributed by atoms with van der Waals surface area (Å²) in [5, 5.41) is 5.23. The highest BCUT2D eigenvalue weighted by Crippen LogP contribution is 2.31. The van der Waals surface area contributed by atoms with E-state index in [1.807, 2.05) is 24.3 Å². The maximum atomic E-state index is 13.4. The monoisotopic (exact) mass is 386 g/mol. The van der Waals surface area contributed by atoms with Crippen molar-refractivity contribution in [1.82, 2.24) is 10.1 Å². The van der Waals surface area contributed by atoms with E-state index in [4.69, 9.17) is 9.26 Å². The number of likely N-dealkylation sites (tertiary alicyclic amines) is 2. The van der Waals surface area contributed by atoms with Gasteiger partial charge in [0.05, 0.1) is 27.2 Å². The van der Waals surface area contributed by atoms with E-state index >= 15 is 0 Å². The fraction of sp³-hybridized carbons (Fsp3) is 0.636. The van der Waals surface area contributed by atoms with Crippen LogP contribution in [0.25, 0.3) is 11.0 Å². The fourth-order valence-electron chi connectivity index (χ4n) is 4.48. The first-order chi connectivity index (χ1) is 13.5. The molecule has 2 fully saturated rings. The molecule has 4 rings (SSSR count). The number of nitrogens with zero attached hydrogens (tertiary/aromatic N) is 3. The Kier molecular flexibility index (Phi) is 5.69. The second-order valence-electron chi connectivity index (χ2n) is 8.94. The minimum atomic E-state index is -0.480. The Bertz CT molecular complexity index is 798. The standard InChI is InChI=1S/C22H32N3O3/c1-25(2)15-11-17(12-16-25)27-22(26)21(24-13-7-3-4-8-14-24)20-18-9-5-6-10-19(18)28-23-20/h5-6,9-10,17,21H,3-4,7-8,11-16H2,1-2H3/q+1. The van der Waals surface area contributed by atoms with Crippen LogP contribution in [0.2, 0.25) is 0 Å². The molecule has 0 spiro atoms. The van der Waals surface area contributed by atoms with Crippen LogP contribution in [0.1, 0.15) is 50.3 Å². The topological polar surface area (TPSA) is 55.6 Å². The lowest BCUT2D eigenvalue weighted by molar-refractivity contribution is -0.896. The first-order valence-electron chi connectivity index (χ1n) is 10.6. The molecular weight excluding hydrogens is 354 g/mol. The zero-order chi connectivity index (χ0) is 19.6. The van der Waals surface area contributed by atoms with E-state index in [2.05, 4.69) is 24.2 Å². The number of fused-ring (bicyclic) bond motifs is 1. The number of para-hydroxylation sites is 1. The molecule has 2 aliphatic rings. The average molecular weight is 387 g/mol. The van der Waals surface area contributed by atoms with Crippen LogP contribution in [0.15, 0.2) is 28.8 Å². The number of hydrogen-bond donors (Lipinski definition) is 0. The van der Waals surface area contributed by atoms with Crippen LogP contribution >= 0.6 is 0 Å². The van der Waals surface area contributed by atoms with Crippen LogP contribution in [0.4, 0.5) is 0 Å². The number of carbonyl (C=O) groups excluding carboxylic acids is 1. The number of hydrogen-bond acceptors (Lipinski definition) is 5. The smallest absolute Gasteiger partial charge is 0.330 e. The number of ether oxygens (including phenoxy) is 1. The van der Waals surface area contributed by atoms with Gasteiger partial charge in [-0.1, -0.05) is 30.1 Å². The SMILES string of the molecule is C[N+]1(C)CCC(OC(=O)C(c2noc3ccccc23)N2CCCCCC2)CC1. The third-order valence-corrected chi connectivity index (χ3v) is 6.29. The number of aromatic nitrogens is 1. The van der Waals surface area contributed by atoms with Gasteiger partial charge in [0.1, 0.15) is 11.8 Å². The summed E-state index contributed by atoms with van der Waals surface area (Å²) in [5.74, 6) is -0.168. The number of benzene rings is 1. The van der Waals surface area contributed by atoms with Gasteiger partial charge in [-0.3, -0.25) is 4.90 Å². The summed E-state index contributed by atoms with van der Waals surface area (Å²) in [5.41, 5.74) is 1.43. The first-order valence-corrected chi connectivity index (χ1v) is 10.6. The van der Waals surface area contributed by atoms with E-state index in [1.54, 1.807) is 0 Å². The minimum Gasteiger partial charge on any atom is -0.460 e. The fourth-order valence-corrected chi connectivity index (χ4v) is 4.48. The van der Waals surface area contributed by atoms with Gasteiger partial charge in [0, 0.05) is 18.2 Å². The van der Waals surface area contributed by atoms with Crippen LogP contribution in [0.5, 0.6) is 0 Å². The maximum absolute atomic E-state index is 13.4. The van der Waals surface area contributed by atoms with Crippen molar-refractivity contribution in [3.05, 3.63) is 30.0 Å². The quantitative estimate of drug-likeness (QED) is 0.594. The lowest BCUT2D eigenvalue weighted by Crippen LogP contribution is -2.49. The molecule has 0 bridgehead atoms. The second kappa shape index (κ2) is 8.21. The molecule has 6 nitrogen and oxygen atoms in total. The number of carbonyl (C=O) groups is 1. The average Bonchev–Trinajstić information content (AvgIpc) is 2.91. The number of esters is 1. The molecule has 6 heteroatoms. The molecule has 2 aromatic rings. The molecule has 0 saturated carbocycles. The largest absolute Gasteiger partial charge is 0.460 e. The normalized spacial score (nSPS) is 22.6. The van der Waals surface area contributed by atoms with Gasteiger partial charge in [0.25, 0.3) is 0 Å². The van der Waals surface area contributed by atoms with Crippen LogP contribution in [-0.2, 0) is 9.53 Å². The molecule has 2 aliphatic heterocycles. The number of piperidine rings is 1. The Hall–Kier alpha value is -1.92. The Morgan fingerprint density at radius 1 is 1.14 bits per heavy atom. The van der Waals surface area contributed by atoms with Crippen molar-refractivity contribution >= 4 is 16.9 Å². The highest BCUT2D eigenvalue weighted by atomic mass is 16.5. The predicted molar refractivity (Wildman–Crippen MR) is 108 cm³/mol. The zero-order valence-electron chi connectivity index (χ0n) is 17.1. The summed E-state index contributed by atoms with van der Waals surface area (Å²) in [4.78, 5) is 15.6. The summed E-state index contributed by atoms with van der Waals surface area (Å²) >= 11 is 0. The van der Waals surface area contributed by atoms with E-state index in [0.29, 0.717) is 5.69 Å². The van der Waals surface area contributed by atoms with Crippen molar-refractivity contribution in [1.29, 1.82) is 0 Å². The van der Waals surface area contributed by atoms with Gasteiger partial charge in [0.15, 0.2) is 11.6 Å². The molecule has 1 aromatic carbocycles. The van der Waals surface area contributed by atoms with Gasteiger partial charge in [-0.15, -0.1) is 0 Å². The molecule has 0 N–H and O–H groups in total. The molecule has 1 unspecified atom stereocenters. The second-order valence-corrected chi connectivity index (χ2v) is 8.94. The first kappa shape index (κ1) is 19.4. The molecule has 1 aromatic heterocycles. The third-order valence-electron chi connectivity index (χ3n) is 6.29. The number of quaternary nitrogens is 1.